The Bertz CT molecular complexity index is 762. The molecule has 0 saturated heterocycles. The van der Waals surface area contributed by atoms with Crippen molar-refractivity contribution in [1.82, 2.24) is 0 Å². The van der Waals surface area contributed by atoms with Crippen LogP contribution in [0.3, 0.4) is 0 Å². The molecule has 1 aromatic heterocycles. The molecule has 4 nitrogen and oxygen atoms in total. The molecule has 0 fully saturated rings. The molecule has 1 aromatic carbocycles. The third kappa shape index (κ3) is 4.49. The second-order valence-corrected chi connectivity index (χ2v) is 6.57. The van der Waals surface area contributed by atoms with Crippen molar-refractivity contribution < 1.29 is 18.9 Å². The van der Waals surface area contributed by atoms with Gasteiger partial charge in [0.25, 0.3) is 5.70 Å². The highest BCUT2D eigenvalue weighted by atomic mass is 32.1. The number of rotatable bonds is 4. The first-order valence-corrected chi connectivity index (χ1v) is 7.91. The van der Waals surface area contributed by atoms with E-state index in [0.29, 0.717) is 5.56 Å². The predicted molar refractivity (Wildman–Crippen MR) is 93.8 cm³/mol. The maximum Gasteiger partial charge on any atom is 0.403 e. The Balaban J connectivity index is 2.52. The van der Waals surface area contributed by atoms with Crippen LogP contribution in [0.5, 0.6) is 0 Å². The molecule has 0 bridgehead atoms. The van der Waals surface area contributed by atoms with E-state index in [-0.39, 0.29) is 16.4 Å². The lowest BCUT2D eigenvalue weighted by molar-refractivity contribution is -0.578. The average Bonchev–Trinajstić information content (AvgIpc) is 2.54. The van der Waals surface area contributed by atoms with E-state index in [1.165, 1.54) is 4.57 Å². The molecule has 0 N–H and O–H groups in total. The van der Waals surface area contributed by atoms with Gasteiger partial charge in [-0.3, -0.25) is 4.79 Å². The average molecular weight is 341 g/mol. The molecule has 0 atom stereocenters. The molecule has 5 heteroatoms. The normalized spacial score (nSPS) is 12.3. The first-order valence-electron chi connectivity index (χ1n) is 7.50. The number of Topliss-reactive ketones (excluding diaryl/α,β-unsaturated/α-hetero) is 1. The lowest BCUT2D eigenvalue weighted by Crippen LogP contribution is -2.40. The van der Waals surface area contributed by atoms with Gasteiger partial charge in [0.1, 0.15) is 5.60 Å². The lowest BCUT2D eigenvalue weighted by Gasteiger charge is -2.21. The summed E-state index contributed by atoms with van der Waals surface area (Å²) in [6.07, 6.45) is 3.31. The number of carbonyl (C=O) groups is 2. The quantitative estimate of drug-likeness (QED) is 0.282. The number of pyridine rings is 1. The van der Waals surface area contributed by atoms with Crippen molar-refractivity contribution in [3.8, 4) is 0 Å². The number of esters is 1. The van der Waals surface area contributed by atoms with Crippen molar-refractivity contribution in [3.63, 3.8) is 0 Å². The fourth-order valence-electron chi connectivity index (χ4n) is 2.02. The van der Waals surface area contributed by atoms with Gasteiger partial charge in [0, 0.05) is 17.7 Å². The van der Waals surface area contributed by atoms with Crippen molar-refractivity contribution in [1.29, 1.82) is 0 Å². The number of aromatic nitrogens is 1. The van der Waals surface area contributed by atoms with E-state index in [9.17, 15) is 9.59 Å². The summed E-state index contributed by atoms with van der Waals surface area (Å²) in [5.41, 5.74) is -0.224. The van der Waals surface area contributed by atoms with E-state index in [0.717, 1.165) is 0 Å². The summed E-state index contributed by atoms with van der Waals surface area (Å²) in [6.45, 7) is 5.29. The van der Waals surface area contributed by atoms with Gasteiger partial charge < -0.3 is 17.4 Å². The molecule has 0 aliphatic heterocycles. The summed E-state index contributed by atoms with van der Waals surface area (Å²) < 4.78 is 6.94. The third-order valence-corrected chi connectivity index (χ3v) is 3.40. The maximum absolute atomic E-state index is 12.6. The number of hydrogen-bond acceptors (Lipinski definition) is 4. The summed E-state index contributed by atoms with van der Waals surface area (Å²) in [5.74, 6) is -1.02. The zero-order valence-corrected chi connectivity index (χ0v) is 14.7. The highest BCUT2D eigenvalue weighted by Crippen LogP contribution is 2.16. The summed E-state index contributed by atoms with van der Waals surface area (Å²) in [7, 11) is 0. The third-order valence-electron chi connectivity index (χ3n) is 3.02. The van der Waals surface area contributed by atoms with Crippen LogP contribution in [0.15, 0.2) is 65.8 Å². The number of nitrogens with zero attached hydrogens (tertiary/aromatic N) is 1. The van der Waals surface area contributed by atoms with Crippen molar-refractivity contribution in [3.05, 3.63) is 71.4 Å². The number of hydrogen-bond donors (Lipinski definition) is 0. The highest BCUT2D eigenvalue weighted by molar-refractivity contribution is 7.65. The zero-order valence-electron chi connectivity index (χ0n) is 13.9. The molecule has 124 valence electrons. The van der Waals surface area contributed by atoms with Crippen LogP contribution < -0.4 is 4.57 Å². The molecule has 1 heterocycles. The molecule has 0 aliphatic carbocycles. The molecule has 0 unspecified atom stereocenters. The number of benzene rings is 1. The van der Waals surface area contributed by atoms with E-state index in [1.807, 2.05) is 12.1 Å². The Morgan fingerprint density at radius 3 is 2.04 bits per heavy atom. The van der Waals surface area contributed by atoms with Gasteiger partial charge in [-0.2, -0.15) is 4.57 Å². The molecular weight excluding hydrogens is 322 g/mol. The smallest absolute Gasteiger partial charge is 0.403 e. The standard InChI is InChI=1S/C19H19NO3S/c1-19(2,3)23-18(22)15(20-12-8-5-9-13-20)17(24)16(21)14-10-6-4-7-11-14/h4-13H,1-3H3. The van der Waals surface area contributed by atoms with Gasteiger partial charge in [0.05, 0.1) is 0 Å². The van der Waals surface area contributed by atoms with Gasteiger partial charge in [0.2, 0.25) is 0 Å². The lowest BCUT2D eigenvalue weighted by atomic mass is 10.1. The molecule has 2 rings (SSSR count). The van der Waals surface area contributed by atoms with Gasteiger partial charge >= 0.3 is 5.97 Å². The van der Waals surface area contributed by atoms with E-state index in [4.69, 9.17) is 17.4 Å². The van der Waals surface area contributed by atoms with Crippen LogP contribution in [-0.2, 0) is 22.2 Å². The van der Waals surface area contributed by atoms with E-state index in [1.54, 1.807) is 69.6 Å². The molecule has 0 amide bonds. The summed E-state index contributed by atoms with van der Waals surface area (Å²) in [6, 6.07) is 13.9. The minimum atomic E-state index is -0.691. The van der Waals surface area contributed by atoms with E-state index < -0.39 is 11.6 Å². The monoisotopic (exact) mass is 341 g/mol. The van der Waals surface area contributed by atoms with Gasteiger partial charge in [-0.25, -0.2) is 4.79 Å². The highest BCUT2D eigenvalue weighted by Gasteiger charge is 2.28. The number of ketones is 1. The topological polar surface area (TPSA) is 47.3 Å². The molecule has 0 aliphatic rings. The largest absolute Gasteiger partial charge is 0.769 e. The van der Waals surface area contributed by atoms with E-state index >= 15 is 0 Å². The molecular formula is C19H19NO3S. The molecule has 0 saturated carbocycles. The Labute approximate surface area is 147 Å². The Kier molecular flexibility index (Phi) is 5.46. The fraction of sp³-hybridized carbons (Fsp3) is 0.211. The van der Waals surface area contributed by atoms with Gasteiger partial charge in [-0.05, 0) is 25.7 Å². The molecule has 2 aromatic rings. The van der Waals surface area contributed by atoms with E-state index in [2.05, 4.69) is 0 Å². The molecule has 0 radical (unpaired) electrons. The maximum atomic E-state index is 12.6. The fourth-order valence-corrected chi connectivity index (χ4v) is 2.32. The summed E-state index contributed by atoms with van der Waals surface area (Å²) in [5, 5.41) is 0. The molecule has 0 spiro atoms. The summed E-state index contributed by atoms with van der Waals surface area (Å²) >= 11 is 5.32. The van der Waals surface area contributed by atoms with Crippen LogP contribution >= 0.6 is 0 Å². The van der Waals surface area contributed by atoms with Crippen LogP contribution in [0.25, 0.3) is 5.70 Å². The first kappa shape index (κ1) is 17.8. The number of ether oxygens (including phenoxy) is 1. The van der Waals surface area contributed by atoms with Crippen molar-refractivity contribution in [2.24, 2.45) is 0 Å². The second kappa shape index (κ2) is 7.36. The van der Waals surface area contributed by atoms with Crippen molar-refractivity contribution in [2.75, 3.05) is 0 Å². The van der Waals surface area contributed by atoms with Crippen LogP contribution in [0.1, 0.15) is 31.1 Å². The Hall–Kier alpha value is -2.53. The SMILES string of the molecule is CC(C)(C)OC(=O)/C(=C(/[S-])C(=O)c1ccccc1)[n+]1ccccc1. The number of carbonyl (C=O) groups excluding carboxylic acids is 2. The van der Waals surface area contributed by atoms with Gasteiger partial charge in [-0.1, -0.05) is 36.4 Å². The Morgan fingerprint density at radius 2 is 1.50 bits per heavy atom. The Morgan fingerprint density at radius 1 is 0.958 bits per heavy atom. The van der Waals surface area contributed by atoms with Crippen molar-refractivity contribution in [2.45, 2.75) is 26.4 Å². The van der Waals surface area contributed by atoms with Crippen LogP contribution in [0.4, 0.5) is 0 Å². The minimum Gasteiger partial charge on any atom is -0.769 e. The van der Waals surface area contributed by atoms with Crippen LogP contribution in [0.2, 0.25) is 0 Å². The first-order chi connectivity index (χ1) is 11.3. The van der Waals surface area contributed by atoms with Crippen LogP contribution in [0, 0.1) is 0 Å². The zero-order chi connectivity index (χ0) is 17.7. The predicted octanol–water partition coefficient (Wildman–Crippen LogP) is 2.91. The minimum absolute atomic E-state index is 0.0365. The van der Waals surface area contributed by atoms with Crippen molar-refractivity contribution >= 4 is 30.1 Å². The summed E-state index contributed by atoms with van der Waals surface area (Å²) in [4.78, 5) is 25.2. The van der Waals surface area contributed by atoms with Gasteiger partial charge in [-0.15, -0.1) is 0 Å². The van der Waals surface area contributed by atoms with Gasteiger partial charge in [0.15, 0.2) is 18.2 Å². The van der Waals surface area contributed by atoms with Crippen LogP contribution in [-0.4, -0.2) is 17.4 Å². The molecule has 24 heavy (non-hydrogen) atoms. The second-order valence-electron chi connectivity index (χ2n) is 6.16. The number of allylic oxidation sites excluding steroid dienone is 1.